The van der Waals surface area contributed by atoms with Gasteiger partial charge in [-0.2, -0.15) is 0 Å². The number of hydrazine groups is 1. The van der Waals surface area contributed by atoms with Gasteiger partial charge in [-0.1, -0.05) is 27.7 Å². The van der Waals surface area contributed by atoms with Gasteiger partial charge in [-0.3, -0.25) is 0 Å². The quantitative estimate of drug-likeness (QED) is 0.471. The van der Waals surface area contributed by atoms with Crippen LogP contribution >= 0.6 is 0 Å². The minimum atomic E-state index is -0.306. The highest BCUT2D eigenvalue weighted by atomic mass is 16.7. The molecular formula is C8H18N2O2. The smallest absolute Gasteiger partial charge is 0.160 e. The van der Waals surface area contributed by atoms with E-state index < -0.39 is 0 Å². The Kier molecular flexibility index (Phi) is 4.62. The van der Waals surface area contributed by atoms with Gasteiger partial charge in [0.25, 0.3) is 0 Å². The molecule has 0 saturated carbocycles. The van der Waals surface area contributed by atoms with Gasteiger partial charge in [0.2, 0.25) is 0 Å². The number of nitrogens with zero attached hydrogens (tertiary/aromatic N) is 2. The van der Waals surface area contributed by atoms with Crippen molar-refractivity contribution in [3.05, 3.63) is 10.1 Å². The first-order valence-electron chi connectivity index (χ1n) is 4.32. The maximum atomic E-state index is 10.5. The normalized spacial score (nSPS) is 10.8. The fourth-order valence-corrected chi connectivity index (χ4v) is 1.05. The molecule has 0 fully saturated rings. The van der Waals surface area contributed by atoms with Gasteiger partial charge in [-0.15, -0.1) is 5.01 Å². The molecule has 0 unspecified atom stereocenters. The first-order valence-corrected chi connectivity index (χ1v) is 4.32. The van der Waals surface area contributed by atoms with Crippen molar-refractivity contribution in [2.75, 3.05) is 13.1 Å². The van der Waals surface area contributed by atoms with Crippen LogP contribution in [0.4, 0.5) is 0 Å². The molecule has 0 radical (unpaired) electrons. The van der Waals surface area contributed by atoms with Gasteiger partial charge in [0.05, 0.1) is 13.1 Å². The van der Waals surface area contributed by atoms with Crippen molar-refractivity contribution < 1.29 is 5.03 Å². The summed E-state index contributed by atoms with van der Waals surface area (Å²) in [5.41, 5.74) is 0. The van der Waals surface area contributed by atoms with Crippen LogP contribution < -0.4 is 0 Å². The molecule has 4 nitrogen and oxygen atoms in total. The number of nitro groups is 1. The first-order chi connectivity index (χ1) is 5.43. The average Bonchev–Trinajstić information content (AvgIpc) is 1.83. The van der Waals surface area contributed by atoms with Gasteiger partial charge >= 0.3 is 0 Å². The molecule has 0 aromatic carbocycles. The van der Waals surface area contributed by atoms with Crippen LogP contribution in [-0.4, -0.2) is 23.1 Å². The molecule has 0 saturated heterocycles. The Balaban J connectivity index is 3.96. The van der Waals surface area contributed by atoms with E-state index in [4.69, 9.17) is 0 Å². The summed E-state index contributed by atoms with van der Waals surface area (Å²) in [6.45, 7) is 9.00. The summed E-state index contributed by atoms with van der Waals surface area (Å²) in [4.78, 5) is 10.5. The Hall–Kier alpha value is -0.800. The highest BCUT2D eigenvalue weighted by molar-refractivity contribution is 4.53. The van der Waals surface area contributed by atoms with Crippen molar-refractivity contribution >= 4 is 0 Å². The topological polar surface area (TPSA) is 46.4 Å². The van der Waals surface area contributed by atoms with Crippen molar-refractivity contribution in [3.63, 3.8) is 0 Å². The minimum absolute atomic E-state index is 0.306. The summed E-state index contributed by atoms with van der Waals surface area (Å²) < 4.78 is 0. The van der Waals surface area contributed by atoms with Crippen molar-refractivity contribution in [1.82, 2.24) is 5.01 Å². The highest BCUT2D eigenvalue weighted by Crippen LogP contribution is 2.02. The van der Waals surface area contributed by atoms with E-state index in [-0.39, 0.29) is 5.03 Å². The van der Waals surface area contributed by atoms with Crippen LogP contribution in [-0.2, 0) is 0 Å². The van der Waals surface area contributed by atoms with Gasteiger partial charge in [-0.25, -0.2) is 10.1 Å². The lowest BCUT2D eigenvalue weighted by Crippen LogP contribution is -2.36. The van der Waals surface area contributed by atoms with Crippen molar-refractivity contribution in [2.45, 2.75) is 27.7 Å². The Morgan fingerprint density at radius 3 is 1.67 bits per heavy atom. The molecule has 0 aromatic heterocycles. The Morgan fingerprint density at radius 2 is 1.50 bits per heavy atom. The Bertz CT molecular complexity index is 136. The van der Waals surface area contributed by atoms with E-state index in [0.717, 1.165) is 0 Å². The monoisotopic (exact) mass is 174 g/mol. The van der Waals surface area contributed by atoms with E-state index in [1.54, 1.807) is 0 Å². The van der Waals surface area contributed by atoms with Crippen LogP contribution in [0.15, 0.2) is 0 Å². The van der Waals surface area contributed by atoms with E-state index in [0.29, 0.717) is 24.9 Å². The molecule has 12 heavy (non-hydrogen) atoms. The van der Waals surface area contributed by atoms with Crippen LogP contribution in [0, 0.1) is 22.0 Å². The molecule has 0 heterocycles. The van der Waals surface area contributed by atoms with Crippen molar-refractivity contribution in [2.24, 2.45) is 11.8 Å². The molecule has 0 atom stereocenters. The lowest BCUT2D eigenvalue weighted by atomic mass is 10.2. The molecule has 0 aliphatic rings. The second-order valence-corrected chi connectivity index (χ2v) is 3.90. The molecule has 0 aliphatic carbocycles. The zero-order chi connectivity index (χ0) is 9.72. The molecule has 0 bridgehead atoms. The third-order valence-electron chi connectivity index (χ3n) is 1.38. The zero-order valence-electron chi connectivity index (χ0n) is 8.28. The van der Waals surface area contributed by atoms with E-state index >= 15 is 0 Å². The molecule has 0 aliphatic heterocycles. The predicted octanol–water partition coefficient (Wildman–Crippen LogP) is 1.79. The molecule has 0 N–H and O–H groups in total. The molecule has 0 amide bonds. The van der Waals surface area contributed by atoms with E-state index in [9.17, 15) is 10.1 Å². The van der Waals surface area contributed by atoms with E-state index in [1.807, 2.05) is 27.7 Å². The summed E-state index contributed by atoms with van der Waals surface area (Å²) in [6.07, 6.45) is 0. The van der Waals surface area contributed by atoms with Crippen LogP contribution in [0.1, 0.15) is 27.7 Å². The average molecular weight is 174 g/mol. The fourth-order valence-electron chi connectivity index (χ4n) is 1.05. The van der Waals surface area contributed by atoms with Gasteiger partial charge in [-0.05, 0) is 11.8 Å². The third kappa shape index (κ3) is 4.93. The van der Waals surface area contributed by atoms with Crippen LogP contribution in [0.5, 0.6) is 0 Å². The Labute approximate surface area is 73.7 Å². The van der Waals surface area contributed by atoms with Crippen molar-refractivity contribution in [3.8, 4) is 0 Å². The summed E-state index contributed by atoms with van der Waals surface area (Å²) >= 11 is 0. The second kappa shape index (κ2) is 4.95. The van der Waals surface area contributed by atoms with Gasteiger partial charge in [0.1, 0.15) is 0 Å². The SMILES string of the molecule is CC(C)CN(CC(C)C)[N+](=O)[O-]. The molecule has 72 valence electrons. The van der Waals surface area contributed by atoms with Gasteiger partial charge in [0, 0.05) is 0 Å². The summed E-state index contributed by atoms with van der Waals surface area (Å²) in [5.74, 6) is 0.684. The first kappa shape index (κ1) is 11.2. The number of hydrogen-bond acceptors (Lipinski definition) is 2. The number of rotatable bonds is 5. The largest absolute Gasteiger partial charge is 0.235 e. The molecule has 0 rings (SSSR count). The predicted molar refractivity (Wildman–Crippen MR) is 48.2 cm³/mol. The third-order valence-corrected chi connectivity index (χ3v) is 1.38. The molecule has 0 aromatic rings. The van der Waals surface area contributed by atoms with Crippen molar-refractivity contribution in [1.29, 1.82) is 0 Å². The second-order valence-electron chi connectivity index (χ2n) is 3.90. The zero-order valence-corrected chi connectivity index (χ0v) is 8.28. The summed E-state index contributed by atoms with van der Waals surface area (Å²) in [7, 11) is 0. The molecular weight excluding hydrogens is 156 g/mol. The van der Waals surface area contributed by atoms with E-state index in [1.165, 1.54) is 5.01 Å². The van der Waals surface area contributed by atoms with Crippen LogP contribution in [0.25, 0.3) is 0 Å². The van der Waals surface area contributed by atoms with Crippen LogP contribution in [0.2, 0.25) is 0 Å². The molecule has 4 heteroatoms. The van der Waals surface area contributed by atoms with E-state index in [2.05, 4.69) is 0 Å². The minimum Gasteiger partial charge on any atom is -0.235 e. The highest BCUT2D eigenvalue weighted by Gasteiger charge is 2.16. The van der Waals surface area contributed by atoms with Gasteiger partial charge in [0.15, 0.2) is 5.03 Å². The maximum absolute atomic E-state index is 10.5. The van der Waals surface area contributed by atoms with Gasteiger partial charge < -0.3 is 0 Å². The fraction of sp³-hybridized carbons (Fsp3) is 1.00. The maximum Gasteiger partial charge on any atom is 0.160 e. The molecule has 0 spiro atoms. The van der Waals surface area contributed by atoms with Crippen LogP contribution in [0.3, 0.4) is 0 Å². The summed E-state index contributed by atoms with van der Waals surface area (Å²) in [6, 6.07) is 0. The number of hydrogen-bond donors (Lipinski definition) is 0. The lowest BCUT2D eigenvalue weighted by molar-refractivity contribution is -0.658. The standard InChI is InChI=1S/C8H18N2O2/c1-7(2)5-9(10(11)12)6-8(3)4/h7-8H,5-6H2,1-4H3. The Morgan fingerprint density at radius 1 is 1.17 bits per heavy atom. The summed E-state index contributed by atoms with van der Waals surface area (Å²) in [5, 5.41) is 11.5. The lowest BCUT2D eigenvalue weighted by Gasteiger charge is -2.17.